The first-order chi connectivity index (χ1) is 19.4. The molecule has 1 aromatic heterocycles. The molecule has 0 saturated carbocycles. The monoisotopic (exact) mass is 598 g/mol. The van der Waals surface area contributed by atoms with Crippen molar-refractivity contribution >= 4 is 38.7 Å². The number of hydrogen-bond donors (Lipinski definition) is 3. The smallest absolute Gasteiger partial charge is 0.393 e. The number of amides is 1. The SMILES string of the molecule is CNC(=O)c1cc(OC(F)F)c(NCC#Cc2sc3c(NC4CCN(C)CC4)cccc3c2CC(F)(F)F)cc1F. The number of likely N-dealkylation sites (tertiary alicyclic amines) is 1. The lowest BCUT2D eigenvalue weighted by molar-refractivity contribution is -0.127. The molecule has 41 heavy (non-hydrogen) atoms. The van der Waals surface area contributed by atoms with Gasteiger partial charge in [0.1, 0.15) is 11.6 Å². The van der Waals surface area contributed by atoms with Gasteiger partial charge in [0.2, 0.25) is 0 Å². The van der Waals surface area contributed by atoms with E-state index in [-0.39, 0.29) is 28.7 Å². The predicted octanol–water partition coefficient (Wildman–Crippen LogP) is 6.08. The minimum Gasteiger partial charge on any atom is -0.433 e. The highest BCUT2D eigenvalue weighted by Crippen LogP contribution is 2.39. The van der Waals surface area contributed by atoms with Gasteiger partial charge in [0.15, 0.2) is 0 Å². The third-order valence-electron chi connectivity index (χ3n) is 6.60. The van der Waals surface area contributed by atoms with Gasteiger partial charge in [0.25, 0.3) is 5.91 Å². The van der Waals surface area contributed by atoms with Crippen LogP contribution in [0.1, 0.15) is 33.6 Å². The summed E-state index contributed by atoms with van der Waals surface area (Å²) in [6.45, 7) is -1.63. The van der Waals surface area contributed by atoms with E-state index in [4.69, 9.17) is 0 Å². The molecule has 1 aliphatic rings. The summed E-state index contributed by atoms with van der Waals surface area (Å²) in [6, 6.07) is 7.05. The molecule has 0 atom stereocenters. The number of halogens is 6. The molecular formula is C28H28F6N4O2S. The summed E-state index contributed by atoms with van der Waals surface area (Å²) in [5.41, 5.74) is 0.115. The van der Waals surface area contributed by atoms with Crippen LogP contribution in [0.5, 0.6) is 5.75 Å². The number of fused-ring (bicyclic) bond motifs is 1. The van der Waals surface area contributed by atoms with Gasteiger partial charge in [-0.05, 0) is 56.1 Å². The Labute approximate surface area is 237 Å². The van der Waals surface area contributed by atoms with Crippen LogP contribution in [-0.2, 0) is 6.42 Å². The normalized spacial score (nSPS) is 14.6. The van der Waals surface area contributed by atoms with Crippen LogP contribution >= 0.6 is 11.3 Å². The van der Waals surface area contributed by atoms with Crippen molar-refractivity contribution in [3.05, 3.63) is 52.2 Å². The maximum absolute atomic E-state index is 14.4. The fourth-order valence-electron chi connectivity index (χ4n) is 4.59. The van der Waals surface area contributed by atoms with E-state index in [0.717, 1.165) is 55.1 Å². The van der Waals surface area contributed by atoms with Gasteiger partial charge < -0.3 is 25.6 Å². The van der Waals surface area contributed by atoms with Gasteiger partial charge >= 0.3 is 12.8 Å². The number of piperidine rings is 1. The molecule has 220 valence electrons. The number of carbonyl (C=O) groups is 1. The van der Waals surface area contributed by atoms with Gasteiger partial charge in [0.05, 0.1) is 39.5 Å². The maximum Gasteiger partial charge on any atom is 0.393 e. The Bertz CT molecular complexity index is 1460. The molecular weight excluding hydrogens is 570 g/mol. The van der Waals surface area contributed by atoms with Gasteiger partial charge in [-0.15, -0.1) is 11.3 Å². The molecule has 3 N–H and O–H groups in total. The zero-order valence-corrected chi connectivity index (χ0v) is 23.0. The fourth-order valence-corrected chi connectivity index (χ4v) is 5.76. The van der Waals surface area contributed by atoms with Gasteiger partial charge in [-0.1, -0.05) is 24.0 Å². The van der Waals surface area contributed by atoms with Crippen molar-refractivity contribution in [1.82, 2.24) is 10.2 Å². The molecule has 2 heterocycles. The maximum atomic E-state index is 14.4. The molecule has 0 spiro atoms. The zero-order valence-electron chi connectivity index (χ0n) is 22.2. The Hall–Kier alpha value is -3.63. The quantitative estimate of drug-likeness (QED) is 0.217. The number of benzene rings is 2. The van der Waals surface area contributed by atoms with Crippen LogP contribution in [-0.4, -0.2) is 63.4 Å². The van der Waals surface area contributed by atoms with E-state index in [1.165, 1.54) is 7.05 Å². The number of carbonyl (C=O) groups excluding carboxylic acids is 1. The molecule has 0 bridgehead atoms. The molecule has 1 saturated heterocycles. The highest BCUT2D eigenvalue weighted by Gasteiger charge is 2.31. The molecule has 0 unspecified atom stereocenters. The van der Waals surface area contributed by atoms with Crippen LogP contribution in [0.4, 0.5) is 37.7 Å². The lowest BCUT2D eigenvalue weighted by Gasteiger charge is -2.30. The molecule has 0 aliphatic carbocycles. The topological polar surface area (TPSA) is 65.6 Å². The summed E-state index contributed by atoms with van der Waals surface area (Å²) in [5.74, 6) is 3.18. The van der Waals surface area contributed by atoms with E-state index in [1.54, 1.807) is 12.1 Å². The number of anilines is 2. The van der Waals surface area contributed by atoms with Crippen molar-refractivity contribution in [2.24, 2.45) is 0 Å². The highest BCUT2D eigenvalue weighted by atomic mass is 32.1. The third-order valence-corrected chi connectivity index (χ3v) is 7.80. The molecule has 1 amide bonds. The summed E-state index contributed by atoms with van der Waals surface area (Å²) in [7, 11) is 3.30. The van der Waals surface area contributed by atoms with Gasteiger partial charge in [-0.25, -0.2) is 4.39 Å². The van der Waals surface area contributed by atoms with Crippen LogP contribution in [0.2, 0.25) is 0 Å². The number of nitrogens with one attached hydrogen (secondary N) is 3. The van der Waals surface area contributed by atoms with Crippen molar-refractivity contribution < 1.29 is 35.9 Å². The van der Waals surface area contributed by atoms with E-state index in [0.29, 0.717) is 10.1 Å². The summed E-state index contributed by atoms with van der Waals surface area (Å²) < 4.78 is 86.0. The van der Waals surface area contributed by atoms with Crippen molar-refractivity contribution in [3.63, 3.8) is 0 Å². The largest absolute Gasteiger partial charge is 0.433 e. The summed E-state index contributed by atoms with van der Waals surface area (Å²) in [5, 5.41) is 8.79. The fraction of sp³-hybridized carbons (Fsp3) is 0.393. The van der Waals surface area contributed by atoms with Crippen LogP contribution in [0.3, 0.4) is 0 Å². The van der Waals surface area contributed by atoms with E-state index in [2.05, 4.69) is 37.4 Å². The number of nitrogens with zero attached hydrogens (tertiary/aromatic N) is 1. The average Bonchev–Trinajstić information content (AvgIpc) is 3.25. The molecule has 4 rings (SSSR count). The number of rotatable bonds is 8. The summed E-state index contributed by atoms with van der Waals surface area (Å²) in [6.07, 6.45) is -3.81. The minimum atomic E-state index is -4.47. The van der Waals surface area contributed by atoms with Crippen LogP contribution in [0.15, 0.2) is 30.3 Å². The number of thiophene rings is 1. The molecule has 13 heteroatoms. The van der Waals surface area contributed by atoms with Gasteiger partial charge in [-0.3, -0.25) is 4.79 Å². The Morgan fingerprint density at radius 2 is 1.93 bits per heavy atom. The Kier molecular flexibility index (Phi) is 9.55. The predicted molar refractivity (Wildman–Crippen MR) is 148 cm³/mol. The van der Waals surface area contributed by atoms with Crippen molar-refractivity contribution in [1.29, 1.82) is 0 Å². The average molecular weight is 599 g/mol. The molecule has 6 nitrogen and oxygen atoms in total. The standard InChI is InChI=1S/C28H28F6N4O2S/c1-35-26(39)18-13-23(40-27(30)31)22(14-20(18)29)36-10-4-7-24-19(15-28(32,33)34)17-5-3-6-21(25(17)41-24)37-16-8-11-38(2)12-9-16/h3,5-6,13-14,16,27,36-37H,8-12,15H2,1-2H3,(H,35,39). The van der Waals surface area contributed by atoms with Crippen molar-refractivity contribution in [2.75, 3.05) is 44.4 Å². The Morgan fingerprint density at radius 3 is 2.59 bits per heavy atom. The lowest BCUT2D eigenvalue weighted by Crippen LogP contribution is -2.36. The lowest BCUT2D eigenvalue weighted by atomic mass is 10.0. The molecule has 0 radical (unpaired) electrons. The molecule has 1 aliphatic heterocycles. The highest BCUT2D eigenvalue weighted by molar-refractivity contribution is 7.20. The molecule has 3 aromatic rings. The third kappa shape index (κ3) is 7.77. The van der Waals surface area contributed by atoms with E-state index >= 15 is 0 Å². The summed E-state index contributed by atoms with van der Waals surface area (Å²) >= 11 is 1.15. The molecule has 1 fully saturated rings. The number of hydrogen-bond acceptors (Lipinski definition) is 6. The second-order valence-electron chi connectivity index (χ2n) is 9.55. The van der Waals surface area contributed by atoms with E-state index < -0.39 is 42.2 Å². The van der Waals surface area contributed by atoms with Crippen molar-refractivity contribution in [3.8, 4) is 17.6 Å². The first-order valence-corrected chi connectivity index (χ1v) is 13.6. The second-order valence-corrected chi connectivity index (χ2v) is 10.6. The summed E-state index contributed by atoms with van der Waals surface area (Å²) in [4.78, 5) is 14.3. The Morgan fingerprint density at radius 1 is 1.20 bits per heavy atom. The zero-order chi connectivity index (χ0) is 29.7. The number of ether oxygens (including phenoxy) is 1. The Balaban J connectivity index is 1.61. The first kappa shape index (κ1) is 30.3. The van der Waals surface area contributed by atoms with Crippen LogP contribution < -0.4 is 20.7 Å². The van der Waals surface area contributed by atoms with Crippen LogP contribution in [0.25, 0.3) is 10.1 Å². The van der Waals surface area contributed by atoms with E-state index in [1.807, 2.05) is 13.1 Å². The van der Waals surface area contributed by atoms with Gasteiger partial charge in [-0.2, -0.15) is 22.0 Å². The van der Waals surface area contributed by atoms with Crippen molar-refractivity contribution in [2.45, 2.75) is 38.1 Å². The first-order valence-electron chi connectivity index (χ1n) is 12.7. The van der Waals surface area contributed by atoms with Crippen LogP contribution in [0, 0.1) is 17.7 Å². The van der Waals surface area contributed by atoms with Gasteiger partial charge in [0, 0.05) is 19.2 Å². The minimum absolute atomic E-state index is 0.0553. The van der Waals surface area contributed by atoms with E-state index in [9.17, 15) is 31.1 Å². The number of alkyl halides is 5. The second kappa shape index (κ2) is 12.9. The molecule has 2 aromatic carbocycles.